The van der Waals surface area contributed by atoms with Crippen LogP contribution in [0.25, 0.3) is 0 Å². The van der Waals surface area contributed by atoms with Gasteiger partial charge in [0.2, 0.25) is 0 Å². The number of alkyl carbamates (subject to hydrolysis) is 1. The van der Waals surface area contributed by atoms with Gasteiger partial charge in [0, 0.05) is 0 Å². The van der Waals surface area contributed by atoms with Gasteiger partial charge in [-0.25, -0.2) is 9.59 Å². The van der Waals surface area contributed by atoms with E-state index in [1.54, 1.807) is 20.8 Å². The van der Waals surface area contributed by atoms with Gasteiger partial charge in [-0.15, -0.1) is 0 Å². The Labute approximate surface area is 110 Å². The van der Waals surface area contributed by atoms with E-state index in [0.29, 0.717) is 0 Å². The molecular formula is C12H19NO6. The molecule has 0 aromatic carbocycles. The smallest absolute Gasteiger partial charge is 0.408 e. The Bertz CT molecular complexity index is 416. The van der Waals surface area contributed by atoms with Gasteiger partial charge >= 0.3 is 18.0 Å². The predicted octanol–water partition coefficient (Wildman–Crippen LogP) is 1.22. The summed E-state index contributed by atoms with van der Waals surface area (Å²) in [6.45, 7) is 6.42. The van der Waals surface area contributed by atoms with E-state index in [-0.39, 0.29) is 12.8 Å². The molecule has 7 heteroatoms. The van der Waals surface area contributed by atoms with Crippen LogP contribution in [-0.4, -0.2) is 39.4 Å². The van der Waals surface area contributed by atoms with Gasteiger partial charge in [-0.1, -0.05) is 0 Å². The van der Waals surface area contributed by atoms with Crippen molar-refractivity contribution in [3.8, 4) is 0 Å². The van der Waals surface area contributed by atoms with Crippen LogP contribution in [0.15, 0.2) is 0 Å². The third-order valence-corrected chi connectivity index (χ3v) is 3.05. The molecule has 0 unspecified atom stereocenters. The second-order valence-electron chi connectivity index (χ2n) is 6.23. The Morgan fingerprint density at radius 3 is 1.89 bits per heavy atom. The molecule has 0 bridgehead atoms. The van der Waals surface area contributed by atoms with Crippen molar-refractivity contribution < 1.29 is 29.3 Å². The minimum Gasteiger partial charge on any atom is -0.481 e. The molecule has 0 radical (unpaired) electrons. The highest BCUT2D eigenvalue weighted by Gasteiger charge is 2.61. The second-order valence-corrected chi connectivity index (χ2v) is 6.23. The third-order valence-electron chi connectivity index (χ3n) is 3.05. The first-order valence-corrected chi connectivity index (χ1v) is 5.88. The zero-order valence-electron chi connectivity index (χ0n) is 11.4. The summed E-state index contributed by atoms with van der Waals surface area (Å²) in [5.41, 5.74) is -3.44. The van der Waals surface area contributed by atoms with Crippen molar-refractivity contribution in [2.45, 2.75) is 51.7 Å². The Hall–Kier alpha value is -1.79. The monoisotopic (exact) mass is 273 g/mol. The van der Waals surface area contributed by atoms with Crippen LogP contribution >= 0.6 is 0 Å². The highest BCUT2D eigenvalue weighted by molar-refractivity contribution is 5.90. The number of hydrogen-bond donors (Lipinski definition) is 3. The van der Waals surface area contributed by atoms with Crippen molar-refractivity contribution in [1.29, 1.82) is 0 Å². The molecule has 0 atom stereocenters. The SMILES string of the molecule is CC(C)(C)OC(=O)NC1(C(=O)O)CC(C)(C(=O)O)C1. The molecular weight excluding hydrogens is 254 g/mol. The Morgan fingerprint density at radius 1 is 1.11 bits per heavy atom. The molecule has 0 saturated heterocycles. The fourth-order valence-electron chi connectivity index (χ4n) is 2.22. The Balaban J connectivity index is 2.76. The van der Waals surface area contributed by atoms with Crippen molar-refractivity contribution >= 4 is 18.0 Å². The van der Waals surface area contributed by atoms with Gasteiger partial charge in [0.15, 0.2) is 0 Å². The first-order valence-electron chi connectivity index (χ1n) is 5.88. The fourth-order valence-corrected chi connectivity index (χ4v) is 2.22. The van der Waals surface area contributed by atoms with E-state index in [1.165, 1.54) is 6.92 Å². The average molecular weight is 273 g/mol. The zero-order valence-corrected chi connectivity index (χ0v) is 11.4. The fraction of sp³-hybridized carbons (Fsp3) is 0.750. The summed E-state index contributed by atoms with van der Waals surface area (Å²) in [5.74, 6) is -2.33. The van der Waals surface area contributed by atoms with E-state index in [9.17, 15) is 19.5 Å². The molecule has 0 spiro atoms. The summed E-state index contributed by atoms with van der Waals surface area (Å²) >= 11 is 0. The van der Waals surface area contributed by atoms with Crippen LogP contribution in [0.5, 0.6) is 0 Å². The summed E-state index contributed by atoms with van der Waals surface area (Å²) in [6, 6.07) is 0. The van der Waals surface area contributed by atoms with E-state index < -0.39 is 34.6 Å². The lowest BCUT2D eigenvalue weighted by atomic mass is 9.58. The van der Waals surface area contributed by atoms with Crippen molar-refractivity contribution in [3.05, 3.63) is 0 Å². The first-order chi connectivity index (χ1) is 8.40. The number of hydrogen-bond acceptors (Lipinski definition) is 4. The third kappa shape index (κ3) is 3.15. The average Bonchev–Trinajstić information content (AvgIpc) is 2.10. The summed E-state index contributed by atoms with van der Waals surface area (Å²) in [6.07, 6.45) is -1.18. The second kappa shape index (κ2) is 4.40. The number of aliphatic carboxylic acids is 2. The minimum absolute atomic E-state index is 0.163. The summed E-state index contributed by atoms with van der Waals surface area (Å²) in [7, 11) is 0. The molecule has 1 aliphatic carbocycles. The minimum atomic E-state index is -1.56. The number of nitrogens with one attached hydrogen (secondary N) is 1. The van der Waals surface area contributed by atoms with E-state index >= 15 is 0 Å². The van der Waals surface area contributed by atoms with E-state index in [4.69, 9.17) is 9.84 Å². The normalized spacial score (nSPS) is 30.1. The van der Waals surface area contributed by atoms with Gasteiger partial charge in [0.1, 0.15) is 11.1 Å². The van der Waals surface area contributed by atoms with Crippen molar-refractivity contribution in [3.63, 3.8) is 0 Å². The number of carboxylic acid groups (broad SMARTS) is 2. The van der Waals surface area contributed by atoms with Crippen molar-refractivity contribution in [2.75, 3.05) is 0 Å². The topological polar surface area (TPSA) is 113 Å². The first kappa shape index (κ1) is 15.3. The maximum absolute atomic E-state index is 11.6. The zero-order chi connectivity index (χ0) is 15.1. The molecule has 0 aromatic rings. The number of amides is 1. The van der Waals surface area contributed by atoms with Gasteiger partial charge in [-0.2, -0.15) is 0 Å². The van der Waals surface area contributed by atoms with Gasteiger partial charge in [-0.3, -0.25) is 4.79 Å². The number of carboxylic acids is 2. The number of ether oxygens (including phenoxy) is 1. The standard InChI is InChI=1S/C12H19NO6/c1-10(2,3)19-9(18)13-12(8(16)17)5-11(4,6-12)7(14)15/h5-6H2,1-4H3,(H,13,18)(H,14,15)(H,16,17). The molecule has 0 aliphatic heterocycles. The molecule has 1 aliphatic rings. The molecule has 1 saturated carbocycles. The van der Waals surface area contributed by atoms with Gasteiger partial charge in [-0.05, 0) is 40.5 Å². The number of carbonyl (C=O) groups excluding carboxylic acids is 1. The highest BCUT2D eigenvalue weighted by atomic mass is 16.6. The Morgan fingerprint density at radius 2 is 1.58 bits per heavy atom. The number of carbonyl (C=O) groups is 3. The van der Waals surface area contributed by atoms with Crippen LogP contribution in [0.2, 0.25) is 0 Å². The molecule has 19 heavy (non-hydrogen) atoms. The summed E-state index contributed by atoms with van der Waals surface area (Å²) < 4.78 is 4.99. The van der Waals surface area contributed by atoms with Gasteiger partial charge < -0.3 is 20.3 Å². The maximum atomic E-state index is 11.6. The molecule has 108 valence electrons. The Kier molecular flexibility index (Phi) is 3.53. The van der Waals surface area contributed by atoms with Crippen LogP contribution in [0.1, 0.15) is 40.5 Å². The van der Waals surface area contributed by atoms with Crippen LogP contribution < -0.4 is 5.32 Å². The van der Waals surface area contributed by atoms with Crippen LogP contribution in [0, 0.1) is 5.41 Å². The van der Waals surface area contributed by atoms with Crippen molar-refractivity contribution in [2.24, 2.45) is 5.41 Å². The van der Waals surface area contributed by atoms with Crippen LogP contribution in [-0.2, 0) is 14.3 Å². The predicted molar refractivity (Wildman–Crippen MR) is 64.7 cm³/mol. The summed E-state index contributed by atoms with van der Waals surface area (Å²) in [5, 5.41) is 20.4. The lowest BCUT2D eigenvalue weighted by Gasteiger charge is -2.49. The van der Waals surface area contributed by atoms with Crippen LogP contribution in [0.3, 0.4) is 0 Å². The maximum Gasteiger partial charge on any atom is 0.408 e. The molecule has 0 heterocycles. The largest absolute Gasteiger partial charge is 0.481 e. The molecule has 7 nitrogen and oxygen atoms in total. The van der Waals surface area contributed by atoms with Crippen LogP contribution in [0.4, 0.5) is 4.79 Å². The van der Waals surface area contributed by atoms with Crippen molar-refractivity contribution in [1.82, 2.24) is 5.32 Å². The van der Waals surface area contributed by atoms with E-state index in [1.807, 2.05) is 0 Å². The number of rotatable bonds is 3. The lowest BCUT2D eigenvalue weighted by Crippen LogP contribution is -2.67. The quantitative estimate of drug-likeness (QED) is 0.712. The van der Waals surface area contributed by atoms with Gasteiger partial charge in [0.25, 0.3) is 0 Å². The molecule has 3 N–H and O–H groups in total. The van der Waals surface area contributed by atoms with E-state index in [0.717, 1.165) is 0 Å². The summed E-state index contributed by atoms with van der Waals surface area (Å²) in [4.78, 5) is 33.9. The molecule has 1 fully saturated rings. The molecule has 0 aromatic heterocycles. The molecule has 1 rings (SSSR count). The lowest BCUT2D eigenvalue weighted by molar-refractivity contribution is -0.169. The van der Waals surface area contributed by atoms with E-state index in [2.05, 4.69) is 5.32 Å². The van der Waals surface area contributed by atoms with Gasteiger partial charge in [0.05, 0.1) is 5.41 Å². The highest BCUT2D eigenvalue weighted by Crippen LogP contribution is 2.48. The molecule has 1 amide bonds.